The first-order valence-corrected chi connectivity index (χ1v) is 8.96. The summed E-state index contributed by atoms with van der Waals surface area (Å²) in [5.74, 6) is 1.53. The maximum absolute atomic E-state index is 12.2. The van der Waals surface area contributed by atoms with Crippen LogP contribution in [0.4, 0.5) is 5.82 Å². The molecule has 1 amide bonds. The van der Waals surface area contributed by atoms with E-state index in [-0.39, 0.29) is 5.91 Å². The van der Waals surface area contributed by atoms with Gasteiger partial charge in [-0.3, -0.25) is 4.79 Å². The number of nitrogens with zero attached hydrogens (tertiary/aromatic N) is 1. The fourth-order valence-electron chi connectivity index (χ4n) is 2.86. The number of amides is 1. The van der Waals surface area contributed by atoms with Gasteiger partial charge in [0.25, 0.3) is 5.91 Å². The lowest BCUT2D eigenvalue weighted by Gasteiger charge is -2.11. The molecule has 1 aromatic heterocycles. The van der Waals surface area contributed by atoms with Crippen molar-refractivity contribution in [3.63, 3.8) is 0 Å². The minimum Gasteiger partial charge on any atom is -0.497 e. The molecule has 1 atom stereocenters. The van der Waals surface area contributed by atoms with Gasteiger partial charge in [-0.05, 0) is 49.1 Å². The number of aromatic nitrogens is 1. The average molecular weight is 355 g/mol. The van der Waals surface area contributed by atoms with Crippen LogP contribution >= 0.6 is 0 Å². The monoisotopic (exact) mass is 355 g/mol. The summed E-state index contributed by atoms with van der Waals surface area (Å²) in [7, 11) is 1.66. The van der Waals surface area contributed by atoms with Crippen molar-refractivity contribution in [3.8, 4) is 5.75 Å². The van der Waals surface area contributed by atoms with Gasteiger partial charge in [0.1, 0.15) is 11.6 Å². The van der Waals surface area contributed by atoms with E-state index in [0.717, 1.165) is 37.4 Å². The number of carbonyl (C=O) groups excluding carboxylic acids is 1. The molecular formula is C20H25N3O3. The third kappa shape index (κ3) is 5.20. The number of hydrogen-bond donors (Lipinski definition) is 2. The Kier molecular flexibility index (Phi) is 6.44. The molecule has 0 radical (unpaired) electrons. The van der Waals surface area contributed by atoms with Crippen LogP contribution < -0.4 is 15.4 Å². The van der Waals surface area contributed by atoms with Gasteiger partial charge in [-0.25, -0.2) is 4.98 Å². The third-order valence-electron chi connectivity index (χ3n) is 4.39. The molecule has 0 saturated carbocycles. The number of benzene rings is 1. The largest absolute Gasteiger partial charge is 0.497 e. The van der Waals surface area contributed by atoms with Crippen molar-refractivity contribution in [2.75, 3.05) is 32.2 Å². The number of methoxy groups -OCH3 is 1. The smallest absolute Gasteiger partial charge is 0.252 e. The van der Waals surface area contributed by atoms with Crippen LogP contribution in [0.1, 0.15) is 28.8 Å². The normalized spacial score (nSPS) is 16.3. The van der Waals surface area contributed by atoms with Gasteiger partial charge in [-0.1, -0.05) is 12.1 Å². The highest BCUT2D eigenvalue weighted by molar-refractivity contribution is 5.94. The summed E-state index contributed by atoms with van der Waals surface area (Å²) in [6.45, 7) is 2.12. The van der Waals surface area contributed by atoms with Crippen molar-refractivity contribution in [2.45, 2.75) is 25.3 Å². The van der Waals surface area contributed by atoms with Gasteiger partial charge in [-0.15, -0.1) is 0 Å². The molecule has 0 spiro atoms. The molecule has 2 aromatic rings. The third-order valence-corrected chi connectivity index (χ3v) is 4.39. The molecule has 6 nitrogen and oxygen atoms in total. The topological polar surface area (TPSA) is 72.5 Å². The van der Waals surface area contributed by atoms with Crippen molar-refractivity contribution in [3.05, 3.63) is 53.7 Å². The first kappa shape index (κ1) is 18.2. The maximum atomic E-state index is 12.2. The summed E-state index contributed by atoms with van der Waals surface area (Å²) in [6.07, 6.45) is 4.39. The lowest BCUT2D eigenvalue weighted by atomic mass is 10.1. The van der Waals surface area contributed by atoms with Crippen molar-refractivity contribution in [2.24, 2.45) is 0 Å². The Bertz CT molecular complexity index is 695. The first-order valence-electron chi connectivity index (χ1n) is 8.96. The van der Waals surface area contributed by atoms with E-state index in [1.807, 2.05) is 30.3 Å². The number of nitrogens with one attached hydrogen (secondary N) is 2. The van der Waals surface area contributed by atoms with E-state index in [1.165, 1.54) is 5.56 Å². The van der Waals surface area contributed by atoms with E-state index in [0.29, 0.717) is 24.8 Å². The molecule has 138 valence electrons. The summed E-state index contributed by atoms with van der Waals surface area (Å²) in [6, 6.07) is 11.9. The molecule has 1 aliphatic heterocycles. The second kappa shape index (κ2) is 9.20. The fraction of sp³-hybridized carbons (Fsp3) is 0.400. The molecule has 1 fully saturated rings. The predicted molar refractivity (Wildman–Crippen MR) is 101 cm³/mol. The SMILES string of the molecule is COc1ccc(CCCNC(=O)c2ccc(N[C@@H]3CCOC3)nc2)cc1. The first-order chi connectivity index (χ1) is 12.7. The Morgan fingerprint density at radius 3 is 2.77 bits per heavy atom. The molecule has 6 heteroatoms. The van der Waals surface area contributed by atoms with Crippen molar-refractivity contribution in [1.29, 1.82) is 0 Å². The predicted octanol–water partition coefficient (Wildman–Crippen LogP) is 2.65. The zero-order chi connectivity index (χ0) is 18.2. The fourth-order valence-corrected chi connectivity index (χ4v) is 2.86. The molecule has 1 aliphatic rings. The Labute approximate surface area is 153 Å². The van der Waals surface area contributed by atoms with Crippen LogP contribution in [-0.4, -0.2) is 43.8 Å². The zero-order valence-corrected chi connectivity index (χ0v) is 15.0. The van der Waals surface area contributed by atoms with Crippen molar-refractivity contribution in [1.82, 2.24) is 10.3 Å². The zero-order valence-electron chi connectivity index (χ0n) is 15.0. The molecule has 26 heavy (non-hydrogen) atoms. The lowest BCUT2D eigenvalue weighted by Crippen LogP contribution is -2.25. The van der Waals surface area contributed by atoms with Crippen LogP contribution in [0.3, 0.4) is 0 Å². The number of rotatable bonds is 8. The van der Waals surface area contributed by atoms with Crippen LogP contribution in [0.2, 0.25) is 0 Å². The van der Waals surface area contributed by atoms with E-state index >= 15 is 0 Å². The van der Waals surface area contributed by atoms with E-state index in [2.05, 4.69) is 15.6 Å². The van der Waals surface area contributed by atoms with Crippen molar-refractivity contribution >= 4 is 11.7 Å². The Morgan fingerprint density at radius 2 is 2.12 bits per heavy atom. The van der Waals surface area contributed by atoms with Gasteiger partial charge in [0, 0.05) is 19.3 Å². The molecule has 0 aliphatic carbocycles. The quantitative estimate of drug-likeness (QED) is 0.712. The van der Waals surface area contributed by atoms with E-state index in [4.69, 9.17) is 9.47 Å². The summed E-state index contributed by atoms with van der Waals surface area (Å²) in [4.78, 5) is 16.5. The van der Waals surface area contributed by atoms with Gasteiger partial charge in [0.2, 0.25) is 0 Å². The Morgan fingerprint density at radius 1 is 1.27 bits per heavy atom. The van der Waals surface area contributed by atoms with Gasteiger partial charge in [-0.2, -0.15) is 0 Å². The Hall–Kier alpha value is -2.60. The van der Waals surface area contributed by atoms with Gasteiger partial charge in [0.05, 0.1) is 25.3 Å². The number of pyridine rings is 1. The number of aryl methyl sites for hydroxylation is 1. The van der Waals surface area contributed by atoms with Crippen LogP contribution in [-0.2, 0) is 11.2 Å². The molecule has 3 rings (SSSR count). The standard InChI is InChI=1S/C20H25N3O3/c1-25-18-7-4-15(5-8-18)3-2-11-21-20(24)16-6-9-19(22-13-16)23-17-10-12-26-14-17/h4-9,13,17H,2-3,10-12,14H2,1H3,(H,21,24)(H,22,23)/t17-/m1/s1. The molecule has 1 aromatic carbocycles. The highest BCUT2D eigenvalue weighted by atomic mass is 16.5. The molecule has 0 bridgehead atoms. The number of anilines is 1. The molecule has 1 saturated heterocycles. The lowest BCUT2D eigenvalue weighted by molar-refractivity contribution is 0.0953. The molecule has 2 heterocycles. The molecule has 0 unspecified atom stereocenters. The van der Waals surface area contributed by atoms with Crippen LogP contribution in [0.5, 0.6) is 5.75 Å². The van der Waals surface area contributed by atoms with Crippen LogP contribution in [0.15, 0.2) is 42.6 Å². The van der Waals surface area contributed by atoms with E-state index < -0.39 is 0 Å². The summed E-state index contributed by atoms with van der Waals surface area (Å²) < 4.78 is 10.5. The number of hydrogen-bond acceptors (Lipinski definition) is 5. The summed E-state index contributed by atoms with van der Waals surface area (Å²) in [5.41, 5.74) is 1.80. The minimum absolute atomic E-state index is 0.0945. The molecular weight excluding hydrogens is 330 g/mol. The number of carbonyl (C=O) groups is 1. The summed E-state index contributed by atoms with van der Waals surface area (Å²) >= 11 is 0. The minimum atomic E-state index is -0.0945. The maximum Gasteiger partial charge on any atom is 0.252 e. The van der Waals surface area contributed by atoms with Crippen LogP contribution in [0.25, 0.3) is 0 Å². The number of ether oxygens (including phenoxy) is 2. The Balaban J connectivity index is 1.39. The second-order valence-corrected chi connectivity index (χ2v) is 6.34. The van der Waals surface area contributed by atoms with Crippen molar-refractivity contribution < 1.29 is 14.3 Å². The van der Waals surface area contributed by atoms with Gasteiger partial charge >= 0.3 is 0 Å². The van der Waals surface area contributed by atoms with Gasteiger partial charge < -0.3 is 20.1 Å². The van der Waals surface area contributed by atoms with E-state index in [1.54, 1.807) is 19.4 Å². The van der Waals surface area contributed by atoms with Gasteiger partial charge in [0.15, 0.2) is 0 Å². The summed E-state index contributed by atoms with van der Waals surface area (Å²) in [5, 5.41) is 6.25. The molecule has 2 N–H and O–H groups in total. The average Bonchev–Trinajstić information content (AvgIpc) is 3.19. The highest BCUT2D eigenvalue weighted by Gasteiger charge is 2.15. The highest BCUT2D eigenvalue weighted by Crippen LogP contribution is 2.13. The van der Waals surface area contributed by atoms with E-state index in [9.17, 15) is 4.79 Å². The second-order valence-electron chi connectivity index (χ2n) is 6.34. The van der Waals surface area contributed by atoms with Crippen LogP contribution in [0, 0.1) is 0 Å².